The van der Waals surface area contributed by atoms with Gasteiger partial charge in [-0.1, -0.05) is 25.1 Å². The maximum absolute atomic E-state index is 13.7. The summed E-state index contributed by atoms with van der Waals surface area (Å²) in [5, 5.41) is 2.10. The third kappa shape index (κ3) is 2.72. The number of thiophene rings is 1. The van der Waals surface area contributed by atoms with Crippen LogP contribution in [0.5, 0.6) is 0 Å². The highest BCUT2D eigenvalue weighted by Crippen LogP contribution is 2.35. The Bertz CT molecular complexity index is 652. The molecule has 0 saturated heterocycles. The molecule has 0 spiro atoms. The summed E-state index contributed by atoms with van der Waals surface area (Å²) in [5.74, 6) is -0.282. The summed E-state index contributed by atoms with van der Waals surface area (Å²) in [5.41, 5.74) is 1.75. The average molecular weight is 303 g/mol. The van der Waals surface area contributed by atoms with Crippen LogP contribution in [-0.4, -0.2) is 17.4 Å². The van der Waals surface area contributed by atoms with Crippen molar-refractivity contribution >= 4 is 17.2 Å². The van der Waals surface area contributed by atoms with Crippen molar-refractivity contribution in [2.24, 2.45) is 0 Å². The molecule has 0 radical (unpaired) electrons. The number of hydrogen-bond acceptors (Lipinski definition) is 2. The fourth-order valence-electron chi connectivity index (χ4n) is 3.04. The lowest BCUT2D eigenvalue weighted by atomic mass is 9.97. The first-order valence-electron chi connectivity index (χ1n) is 7.30. The lowest BCUT2D eigenvalue weighted by molar-refractivity contribution is -0.133. The second-order valence-electron chi connectivity index (χ2n) is 5.33. The molecule has 0 fully saturated rings. The van der Waals surface area contributed by atoms with Gasteiger partial charge in [0, 0.05) is 11.4 Å². The molecule has 0 bridgehead atoms. The minimum atomic E-state index is -0.299. The molecular weight excluding hydrogens is 285 g/mol. The van der Waals surface area contributed by atoms with E-state index in [0.717, 1.165) is 19.4 Å². The highest BCUT2D eigenvalue weighted by molar-refractivity contribution is 7.10. The number of fused-ring (bicyclic) bond motifs is 1. The maximum Gasteiger partial charge on any atom is 0.227 e. The van der Waals surface area contributed by atoms with Crippen molar-refractivity contribution in [3.8, 4) is 0 Å². The summed E-state index contributed by atoms with van der Waals surface area (Å²) >= 11 is 1.77. The smallest absolute Gasteiger partial charge is 0.227 e. The number of carbonyl (C=O) groups excluding carboxylic acids is 1. The van der Waals surface area contributed by atoms with Crippen LogP contribution in [0.25, 0.3) is 0 Å². The molecule has 2 nitrogen and oxygen atoms in total. The van der Waals surface area contributed by atoms with Crippen LogP contribution in [0.2, 0.25) is 0 Å². The molecule has 1 aromatic heterocycles. The van der Waals surface area contributed by atoms with Crippen molar-refractivity contribution in [1.29, 1.82) is 0 Å². The first-order valence-corrected chi connectivity index (χ1v) is 8.17. The van der Waals surface area contributed by atoms with E-state index in [1.54, 1.807) is 29.5 Å². The molecule has 0 N–H and O–H groups in total. The number of hydrogen-bond donors (Lipinski definition) is 0. The predicted octanol–water partition coefficient (Wildman–Crippen LogP) is 3.97. The van der Waals surface area contributed by atoms with E-state index in [2.05, 4.69) is 18.4 Å². The van der Waals surface area contributed by atoms with E-state index in [1.807, 2.05) is 4.90 Å². The number of rotatable bonds is 3. The highest BCUT2D eigenvalue weighted by atomic mass is 32.1. The lowest BCUT2D eigenvalue weighted by Gasteiger charge is -2.35. The van der Waals surface area contributed by atoms with Crippen molar-refractivity contribution in [1.82, 2.24) is 4.90 Å². The van der Waals surface area contributed by atoms with Gasteiger partial charge >= 0.3 is 0 Å². The molecule has 2 heterocycles. The number of carbonyl (C=O) groups is 1. The van der Waals surface area contributed by atoms with E-state index < -0.39 is 0 Å². The fourth-order valence-corrected chi connectivity index (χ4v) is 3.97. The summed E-state index contributed by atoms with van der Waals surface area (Å²) in [7, 11) is 0. The third-order valence-corrected chi connectivity index (χ3v) is 5.10. The van der Waals surface area contributed by atoms with Crippen molar-refractivity contribution in [3.05, 3.63) is 57.5 Å². The van der Waals surface area contributed by atoms with Gasteiger partial charge in [0.1, 0.15) is 5.82 Å². The molecule has 2 aromatic rings. The zero-order valence-corrected chi connectivity index (χ0v) is 12.8. The monoisotopic (exact) mass is 303 g/mol. The number of benzene rings is 1. The van der Waals surface area contributed by atoms with E-state index in [4.69, 9.17) is 0 Å². The summed E-state index contributed by atoms with van der Waals surface area (Å²) in [6, 6.07) is 8.78. The van der Waals surface area contributed by atoms with E-state index in [0.29, 0.717) is 5.56 Å². The Morgan fingerprint density at radius 1 is 1.38 bits per heavy atom. The zero-order valence-electron chi connectivity index (χ0n) is 12.0. The molecule has 1 amide bonds. The Hall–Kier alpha value is -1.68. The van der Waals surface area contributed by atoms with Gasteiger partial charge in [-0.05, 0) is 41.5 Å². The normalized spacial score (nSPS) is 17.6. The molecule has 3 rings (SSSR count). The van der Waals surface area contributed by atoms with Crippen molar-refractivity contribution < 1.29 is 9.18 Å². The minimum absolute atomic E-state index is 0.0174. The summed E-state index contributed by atoms with van der Waals surface area (Å²) in [6.07, 6.45) is 1.95. The Morgan fingerprint density at radius 2 is 2.19 bits per heavy atom. The predicted molar refractivity (Wildman–Crippen MR) is 82.9 cm³/mol. The van der Waals surface area contributed by atoms with E-state index in [-0.39, 0.29) is 24.2 Å². The second kappa shape index (κ2) is 5.98. The average Bonchev–Trinajstić information content (AvgIpc) is 2.97. The quantitative estimate of drug-likeness (QED) is 0.840. The standard InChI is InChI=1S/C17H18FNOS/c1-2-15-13-8-10-21-16(13)7-9-19(15)17(20)11-12-5-3-4-6-14(12)18/h3-6,8,10,15H,2,7,9,11H2,1H3. The molecule has 1 unspecified atom stereocenters. The topological polar surface area (TPSA) is 20.3 Å². The molecule has 1 aliphatic rings. The molecule has 110 valence electrons. The molecular formula is C17H18FNOS. The second-order valence-corrected chi connectivity index (χ2v) is 6.33. The Morgan fingerprint density at radius 3 is 2.95 bits per heavy atom. The van der Waals surface area contributed by atoms with Crippen LogP contribution in [-0.2, 0) is 17.6 Å². The van der Waals surface area contributed by atoms with Gasteiger partial charge in [-0.25, -0.2) is 4.39 Å². The van der Waals surface area contributed by atoms with Gasteiger partial charge in [-0.3, -0.25) is 4.79 Å². The minimum Gasteiger partial charge on any atom is -0.335 e. The summed E-state index contributed by atoms with van der Waals surface area (Å²) in [6.45, 7) is 2.83. The van der Waals surface area contributed by atoms with Crippen LogP contribution in [0.1, 0.15) is 35.4 Å². The van der Waals surface area contributed by atoms with Gasteiger partial charge in [0.25, 0.3) is 0 Å². The maximum atomic E-state index is 13.7. The molecule has 0 saturated carbocycles. The van der Waals surface area contributed by atoms with Gasteiger partial charge in [0.05, 0.1) is 12.5 Å². The van der Waals surface area contributed by atoms with Crippen molar-refractivity contribution in [3.63, 3.8) is 0 Å². The van der Waals surface area contributed by atoms with Gasteiger partial charge in [0.15, 0.2) is 0 Å². The lowest BCUT2D eigenvalue weighted by Crippen LogP contribution is -2.40. The van der Waals surface area contributed by atoms with Crippen LogP contribution in [0.3, 0.4) is 0 Å². The SMILES string of the molecule is CCC1c2ccsc2CCN1C(=O)Cc1ccccc1F. The van der Waals surface area contributed by atoms with Gasteiger partial charge in [-0.15, -0.1) is 11.3 Å². The number of halogens is 1. The summed E-state index contributed by atoms with van der Waals surface area (Å²) in [4.78, 5) is 15.9. The Kier molecular flexibility index (Phi) is 4.06. The third-order valence-electron chi connectivity index (χ3n) is 4.10. The van der Waals surface area contributed by atoms with Gasteiger partial charge in [-0.2, -0.15) is 0 Å². The largest absolute Gasteiger partial charge is 0.335 e. The molecule has 4 heteroatoms. The van der Waals surface area contributed by atoms with E-state index in [1.165, 1.54) is 16.5 Å². The Balaban J connectivity index is 1.80. The van der Waals surface area contributed by atoms with Gasteiger partial charge < -0.3 is 4.90 Å². The molecule has 0 aliphatic carbocycles. The van der Waals surface area contributed by atoms with Crippen molar-refractivity contribution in [2.75, 3.05) is 6.54 Å². The fraction of sp³-hybridized carbons (Fsp3) is 0.353. The van der Waals surface area contributed by atoms with Crippen LogP contribution in [0, 0.1) is 5.82 Å². The number of amides is 1. The number of nitrogens with zero attached hydrogens (tertiary/aromatic N) is 1. The molecule has 21 heavy (non-hydrogen) atoms. The van der Waals surface area contributed by atoms with Crippen LogP contribution in [0.15, 0.2) is 35.7 Å². The molecule has 1 atom stereocenters. The highest BCUT2D eigenvalue weighted by Gasteiger charge is 2.30. The van der Waals surface area contributed by atoms with E-state index in [9.17, 15) is 9.18 Å². The first kappa shape index (κ1) is 14.3. The molecule has 1 aliphatic heterocycles. The van der Waals surface area contributed by atoms with E-state index >= 15 is 0 Å². The van der Waals surface area contributed by atoms with Crippen LogP contribution >= 0.6 is 11.3 Å². The van der Waals surface area contributed by atoms with Crippen LogP contribution in [0.4, 0.5) is 4.39 Å². The zero-order chi connectivity index (χ0) is 14.8. The van der Waals surface area contributed by atoms with Crippen LogP contribution < -0.4 is 0 Å². The first-order chi connectivity index (χ1) is 10.2. The Labute approximate surface area is 128 Å². The summed E-state index contributed by atoms with van der Waals surface area (Å²) < 4.78 is 13.7. The molecule has 1 aromatic carbocycles. The van der Waals surface area contributed by atoms with Crippen molar-refractivity contribution in [2.45, 2.75) is 32.2 Å². The van der Waals surface area contributed by atoms with Gasteiger partial charge in [0.2, 0.25) is 5.91 Å².